The average Bonchev–Trinajstić information content (AvgIpc) is 3.35. The summed E-state index contributed by atoms with van der Waals surface area (Å²) in [5, 5.41) is 16.1. The Hall–Kier alpha value is -3.10. The van der Waals surface area contributed by atoms with Gasteiger partial charge in [-0.1, -0.05) is 29.4 Å². The molecule has 1 aliphatic rings. The quantitative estimate of drug-likeness (QED) is 0.664. The summed E-state index contributed by atoms with van der Waals surface area (Å²) in [7, 11) is 1.56. The van der Waals surface area contributed by atoms with Crippen molar-refractivity contribution in [1.82, 2.24) is 15.5 Å². The number of carbonyl (C=O) groups is 1. The average molecular weight is 397 g/mol. The fourth-order valence-corrected chi connectivity index (χ4v) is 3.57. The number of amides is 1. The van der Waals surface area contributed by atoms with E-state index >= 15 is 0 Å². The lowest BCUT2D eigenvalue weighted by Gasteiger charge is -2.15. The number of aromatic nitrogens is 2. The predicted molar refractivity (Wildman–Crippen MR) is 101 cm³/mol. The lowest BCUT2D eigenvalue weighted by atomic mass is 10.0. The summed E-state index contributed by atoms with van der Waals surface area (Å²) in [6, 6.07) is 9.99. The van der Waals surface area contributed by atoms with Gasteiger partial charge in [0.25, 0.3) is 11.8 Å². The van der Waals surface area contributed by atoms with Crippen molar-refractivity contribution in [3.05, 3.63) is 70.4 Å². The van der Waals surface area contributed by atoms with E-state index in [1.165, 1.54) is 12.1 Å². The molecule has 0 fully saturated rings. The van der Waals surface area contributed by atoms with Crippen LogP contribution in [0.1, 0.15) is 45.4 Å². The van der Waals surface area contributed by atoms with Gasteiger partial charge in [0.15, 0.2) is 0 Å². The molecule has 0 saturated carbocycles. The Kier molecular flexibility index (Phi) is 5.37. The highest BCUT2D eigenvalue weighted by molar-refractivity contribution is 5.95. The molecule has 7 nitrogen and oxygen atoms in total. The maximum absolute atomic E-state index is 14.3. The second kappa shape index (κ2) is 8.10. The van der Waals surface area contributed by atoms with Crippen LogP contribution in [-0.4, -0.2) is 28.3 Å². The fourth-order valence-electron chi connectivity index (χ4n) is 3.57. The molecule has 150 valence electrons. The van der Waals surface area contributed by atoms with E-state index in [0.717, 1.165) is 23.1 Å². The van der Waals surface area contributed by atoms with Crippen LogP contribution in [0.2, 0.25) is 0 Å². The van der Waals surface area contributed by atoms with Crippen LogP contribution in [0, 0.1) is 5.82 Å². The number of fused-ring (bicyclic) bond motifs is 1. The number of aliphatic hydroxyl groups excluding tert-OH is 1. The van der Waals surface area contributed by atoms with Crippen LogP contribution in [0.25, 0.3) is 11.4 Å². The molecule has 3 aromatic rings. The van der Waals surface area contributed by atoms with Crippen LogP contribution in [0.3, 0.4) is 0 Å². The van der Waals surface area contributed by atoms with E-state index in [9.17, 15) is 14.3 Å². The Morgan fingerprint density at radius 1 is 1.38 bits per heavy atom. The van der Waals surface area contributed by atoms with Gasteiger partial charge in [-0.05, 0) is 36.1 Å². The number of benzene rings is 2. The first kappa shape index (κ1) is 19.2. The second-order valence-electron chi connectivity index (χ2n) is 6.86. The zero-order valence-electron chi connectivity index (χ0n) is 15.8. The summed E-state index contributed by atoms with van der Waals surface area (Å²) in [6.45, 7) is -0.204. The fraction of sp³-hybridized carbons (Fsp3) is 0.286. The molecule has 0 saturated heterocycles. The molecule has 1 heterocycles. The van der Waals surface area contributed by atoms with Crippen molar-refractivity contribution in [2.45, 2.75) is 32.1 Å². The minimum absolute atomic E-state index is 0.0703. The van der Waals surface area contributed by atoms with Gasteiger partial charge in [-0.15, -0.1) is 0 Å². The zero-order chi connectivity index (χ0) is 20.4. The number of hydrogen-bond acceptors (Lipinski definition) is 6. The van der Waals surface area contributed by atoms with Crippen molar-refractivity contribution in [3.8, 4) is 11.4 Å². The number of rotatable bonds is 6. The molecule has 2 N–H and O–H groups in total. The first-order chi connectivity index (χ1) is 14.1. The summed E-state index contributed by atoms with van der Waals surface area (Å²) in [4.78, 5) is 16.9. The van der Waals surface area contributed by atoms with Gasteiger partial charge in [0.1, 0.15) is 12.4 Å². The van der Waals surface area contributed by atoms with Crippen molar-refractivity contribution in [1.29, 1.82) is 0 Å². The minimum Gasteiger partial charge on any atom is -0.392 e. The molecule has 4 rings (SSSR count). The van der Waals surface area contributed by atoms with Gasteiger partial charge < -0.3 is 19.7 Å². The molecule has 8 heteroatoms. The highest BCUT2D eigenvalue weighted by atomic mass is 19.1. The highest BCUT2D eigenvalue weighted by Crippen LogP contribution is 2.34. The summed E-state index contributed by atoms with van der Waals surface area (Å²) in [6.07, 6.45) is 1.49. The molecule has 0 bridgehead atoms. The Morgan fingerprint density at radius 3 is 3.03 bits per heavy atom. The third kappa shape index (κ3) is 3.76. The molecule has 0 spiro atoms. The van der Waals surface area contributed by atoms with Gasteiger partial charge >= 0.3 is 0 Å². The topological polar surface area (TPSA) is 97.5 Å². The van der Waals surface area contributed by atoms with Gasteiger partial charge in [-0.3, -0.25) is 4.79 Å². The summed E-state index contributed by atoms with van der Waals surface area (Å²) >= 11 is 0. The third-order valence-electron chi connectivity index (χ3n) is 5.01. The number of halogens is 1. The molecule has 1 atom stereocenters. The lowest BCUT2D eigenvalue weighted by molar-refractivity contribution is 0.0932. The number of aliphatic hydroxyl groups is 1. The van der Waals surface area contributed by atoms with Crippen LogP contribution >= 0.6 is 0 Å². The number of hydrogen-bond donors (Lipinski definition) is 2. The van der Waals surface area contributed by atoms with Crippen LogP contribution in [0.5, 0.6) is 0 Å². The van der Waals surface area contributed by atoms with Crippen molar-refractivity contribution in [3.63, 3.8) is 0 Å². The molecular formula is C21H20FN3O4. The number of nitrogens with zero attached hydrogens (tertiary/aromatic N) is 2. The lowest BCUT2D eigenvalue weighted by Crippen LogP contribution is -2.28. The van der Waals surface area contributed by atoms with Gasteiger partial charge in [0.05, 0.1) is 18.2 Å². The number of aryl methyl sites for hydroxylation is 1. The minimum atomic E-state index is -0.690. The zero-order valence-corrected chi connectivity index (χ0v) is 15.8. The van der Waals surface area contributed by atoms with Crippen LogP contribution < -0.4 is 5.32 Å². The molecule has 1 aromatic heterocycles. The summed E-state index contributed by atoms with van der Waals surface area (Å²) < 4.78 is 24.5. The highest BCUT2D eigenvalue weighted by Gasteiger charge is 2.26. The van der Waals surface area contributed by atoms with E-state index in [1.54, 1.807) is 13.2 Å². The van der Waals surface area contributed by atoms with E-state index in [1.807, 2.05) is 18.2 Å². The van der Waals surface area contributed by atoms with E-state index in [4.69, 9.17) is 9.26 Å². The van der Waals surface area contributed by atoms with E-state index in [0.29, 0.717) is 18.1 Å². The van der Waals surface area contributed by atoms with Crippen molar-refractivity contribution in [2.24, 2.45) is 0 Å². The van der Waals surface area contributed by atoms with Crippen molar-refractivity contribution in [2.75, 3.05) is 7.11 Å². The number of carbonyl (C=O) groups excluding carboxylic acids is 1. The van der Waals surface area contributed by atoms with Gasteiger partial charge in [-0.2, -0.15) is 4.98 Å². The monoisotopic (exact) mass is 397 g/mol. The van der Waals surface area contributed by atoms with Gasteiger partial charge in [0.2, 0.25) is 5.82 Å². The smallest absolute Gasteiger partial charge is 0.254 e. The predicted octanol–water partition coefficient (Wildman–Crippen LogP) is 2.93. The number of ether oxygens (including phenoxy) is 1. The van der Waals surface area contributed by atoms with Gasteiger partial charge in [0, 0.05) is 18.2 Å². The van der Waals surface area contributed by atoms with Crippen LogP contribution in [-0.2, 0) is 24.4 Å². The normalized spacial score (nSPS) is 15.3. The van der Waals surface area contributed by atoms with Crippen molar-refractivity contribution >= 4 is 5.91 Å². The maximum atomic E-state index is 14.3. The standard InChI is InChI=1S/C21H20FN3O4/c1-28-11-18-24-20(25-29-18)13-5-7-15-12(9-13)6-8-17(15)23-21(27)16-4-2-3-14(10-26)19(16)22/h2-5,7,9,17,26H,6,8,10-11H2,1H3,(H,23,27)/t17-/m1/s1. The Labute approximate surface area is 166 Å². The molecular weight excluding hydrogens is 377 g/mol. The van der Waals surface area contributed by atoms with E-state index in [2.05, 4.69) is 15.5 Å². The Morgan fingerprint density at radius 2 is 2.24 bits per heavy atom. The van der Waals surface area contributed by atoms with Crippen LogP contribution in [0.15, 0.2) is 40.9 Å². The second-order valence-corrected chi connectivity index (χ2v) is 6.86. The van der Waals surface area contributed by atoms with E-state index < -0.39 is 18.3 Å². The molecule has 0 aliphatic heterocycles. The van der Waals surface area contributed by atoms with E-state index in [-0.39, 0.29) is 23.8 Å². The number of nitrogens with one attached hydrogen (secondary N) is 1. The first-order valence-electron chi connectivity index (χ1n) is 9.24. The van der Waals surface area contributed by atoms with Crippen molar-refractivity contribution < 1.29 is 23.6 Å². The molecule has 0 unspecified atom stereocenters. The third-order valence-corrected chi connectivity index (χ3v) is 5.01. The first-order valence-corrected chi connectivity index (χ1v) is 9.24. The molecule has 0 radical (unpaired) electrons. The molecule has 1 amide bonds. The largest absolute Gasteiger partial charge is 0.392 e. The van der Waals surface area contributed by atoms with Gasteiger partial charge in [-0.25, -0.2) is 4.39 Å². The summed E-state index contributed by atoms with van der Waals surface area (Å²) in [5.41, 5.74) is 2.92. The Bertz CT molecular complexity index is 1050. The summed E-state index contributed by atoms with van der Waals surface area (Å²) in [5.74, 6) is -0.303. The SMILES string of the molecule is COCc1nc(-c2ccc3c(c2)CC[C@H]3NC(=O)c2cccc(CO)c2F)no1. The van der Waals surface area contributed by atoms with Crippen LogP contribution in [0.4, 0.5) is 4.39 Å². The molecule has 1 aliphatic carbocycles. The molecule has 29 heavy (non-hydrogen) atoms. The number of methoxy groups -OCH3 is 1. The maximum Gasteiger partial charge on any atom is 0.254 e. The Balaban J connectivity index is 1.52. The molecule has 2 aromatic carbocycles.